The lowest BCUT2D eigenvalue weighted by molar-refractivity contribution is -0.138. The topological polar surface area (TPSA) is 106 Å². The van der Waals surface area contributed by atoms with Crippen LogP contribution < -0.4 is 4.74 Å². The number of nitrogens with zero attached hydrogens (tertiary/aromatic N) is 2. The largest absolute Gasteiger partial charge is 0.495 e. The van der Waals surface area contributed by atoms with Gasteiger partial charge in [0.15, 0.2) is 0 Å². The van der Waals surface area contributed by atoms with Crippen LogP contribution in [0.3, 0.4) is 0 Å². The van der Waals surface area contributed by atoms with Crippen LogP contribution in [0.15, 0.2) is 53.4 Å². The molecule has 3 rings (SSSR count). The van der Waals surface area contributed by atoms with Gasteiger partial charge in [-0.15, -0.1) is 0 Å². The van der Waals surface area contributed by atoms with Crippen molar-refractivity contribution in [3.05, 3.63) is 65.2 Å². The normalized spacial score (nSPS) is 14.8. The number of nitriles is 1. The van der Waals surface area contributed by atoms with Crippen molar-refractivity contribution >= 4 is 22.1 Å². The molecule has 2 aromatic carbocycles. The summed E-state index contributed by atoms with van der Waals surface area (Å²) in [6.45, 7) is 1.28. The molecule has 0 unspecified atom stereocenters. The summed E-state index contributed by atoms with van der Waals surface area (Å²) in [5, 5.41) is 8.80. The van der Waals surface area contributed by atoms with Crippen LogP contribution in [0.25, 0.3) is 6.08 Å². The summed E-state index contributed by atoms with van der Waals surface area (Å²) < 4.78 is 43.0. The molecule has 1 fully saturated rings. The lowest BCUT2D eigenvalue weighted by atomic mass is 10.2. The Morgan fingerprint density at radius 3 is 2.55 bits per heavy atom. The van der Waals surface area contributed by atoms with Gasteiger partial charge in [0.25, 0.3) is 0 Å². The van der Waals surface area contributed by atoms with Crippen molar-refractivity contribution < 1.29 is 27.4 Å². The van der Waals surface area contributed by atoms with Crippen molar-refractivity contribution in [1.29, 1.82) is 5.26 Å². The predicted octanol–water partition coefficient (Wildman–Crippen LogP) is 2.34. The fourth-order valence-corrected chi connectivity index (χ4v) is 4.57. The lowest BCUT2D eigenvalue weighted by Crippen LogP contribution is -2.40. The van der Waals surface area contributed by atoms with Gasteiger partial charge in [-0.2, -0.15) is 9.57 Å². The molecule has 31 heavy (non-hydrogen) atoms. The number of carbonyl (C=O) groups is 1. The maximum absolute atomic E-state index is 13.0. The van der Waals surface area contributed by atoms with Gasteiger partial charge >= 0.3 is 5.97 Å². The molecule has 0 amide bonds. The molecule has 0 aliphatic carbocycles. The van der Waals surface area contributed by atoms with Gasteiger partial charge in [0.1, 0.15) is 17.3 Å². The van der Waals surface area contributed by atoms with Crippen molar-refractivity contribution in [2.45, 2.75) is 11.5 Å². The number of morpholine rings is 1. The van der Waals surface area contributed by atoms with Gasteiger partial charge in [-0.05, 0) is 41.5 Å². The molecular weight excluding hydrogens is 420 g/mol. The van der Waals surface area contributed by atoms with E-state index in [2.05, 4.69) is 0 Å². The average Bonchev–Trinajstić information content (AvgIpc) is 2.82. The third-order valence-electron chi connectivity index (χ3n) is 4.65. The number of hydrogen-bond donors (Lipinski definition) is 0. The van der Waals surface area contributed by atoms with E-state index in [1.165, 1.54) is 29.6 Å². The van der Waals surface area contributed by atoms with Gasteiger partial charge in [-0.25, -0.2) is 13.2 Å². The van der Waals surface area contributed by atoms with E-state index in [4.69, 9.17) is 19.5 Å². The lowest BCUT2D eigenvalue weighted by Gasteiger charge is -2.26. The number of esters is 1. The molecule has 1 aliphatic rings. The fourth-order valence-electron chi connectivity index (χ4n) is 2.97. The molecule has 0 atom stereocenters. The first-order valence-electron chi connectivity index (χ1n) is 9.54. The Bertz CT molecular complexity index is 1100. The van der Waals surface area contributed by atoms with Gasteiger partial charge < -0.3 is 14.2 Å². The zero-order valence-corrected chi connectivity index (χ0v) is 17.8. The highest BCUT2D eigenvalue weighted by Crippen LogP contribution is 2.28. The molecule has 9 heteroatoms. The van der Waals surface area contributed by atoms with E-state index in [1.807, 2.05) is 6.07 Å². The molecule has 1 aliphatic heterocycles. The van der Waals surface area contributed by atoms with Gasteiger partial charge in [-0.1, -0.05) is 18.2 Å². The highest BCUT2D eigenvalue weighted by molar-refractivity contribution is 7.89. The van der Waals surface area contributed by atoms with Gasteiger partial charge in [-0.3, -0.25) is 0 Å². The van der Waals surface area contributed by atoms with Gasteiger partial charge in [0.2, 0.25) is 10.0 Å². The number of methoxy groups -OCH3 is 1. The molecular formula is C22H22N2O6S. The molecule has 1 heterocycles. The van der Waals surface area contributed by atoms with Crippen LogP contribution in [-0.4, -0.2) is 52.1 Å². The second kappa shape index (κ2) is 10.2. The van der Waals surface area contributed by atoms with E-state index in [1.54, 1.807) is 36.4 Å². The standard InChI is InChI=1S/C22H22N2O6S/c1-28-20-8-6-17(14-21(20)31(26,27)24-10-12-29-13-11-24)7-9-22(25)30-16-19-4-2-18(15-23)3-5-19/h2-9,14H,10-13,16H2,1H3. The van der Waals surface area contributed by atoms with E-state index in [9.17, 15) is 13.2 Å². The van der Waals surface area contributed by atoms with Crippen LogP contribution in [0.5, 0.6) is 5.75 Å². The average molecular weight is 442 g/mol. The Labute approximate surface area is 181 Å². The molecule has 0 bridgehead atoms. The number of sulfonamides is 1. The Balaban J connectivity index is 1.70. The molecule has 1 saturated heterocycles. The maximum atomic E-state index is 13.0. The van der Waals surface area contributed by atoms with Crippen molar-refractivity contribution in [1.82, 2.24) is 4.31 Å². The number of ether oxygens (including phenoxy) is 3. The number of rotatable bonds is 7. The zero-order chi connectivity index (χ0) is 22.3. The highest BCUT2D eigenvalue weighted by atomic mass is 32.2. The molecule has 0 saturated carbocycles. The third kappa shape index (κ3) is 5.70. The summed E-state index contributed by atoms with van der Waals surface area (Å²) in [6.07, 6.45) is 2.72. The second-order valence-corrected chi connectivity index (χ2v) is 8.58. The Morgan fingerprint density at radius 2 is 1.90 bits per heavy atom. The number of carbonyl (C=O) groups excluding carboxylic acids is 1. The zero-order valence-electron chi connectivity index (χ0n) is 17.0. The minimum atomic E-state index is -3.76. The van der Waals surface area contributed by atoms with E-state index in [0.29, 0.717) is 24.3 Å². The smallest absolute Gasteiger partial charge is 0.331 e. The highest BCUT2D eigenvalue weighted by Gasteiger charge is 2.29. The van der Waals surface area contributed by atoms with E-state index in [-0.39, 0.29) is 30.3 Å². The Kier molecular flexibility index (Phi) is 7.41. The first-order valence-corrected chi connectivity index (χ1v) is 11.0. The summed E-state index contributed by atoms with van der Waals surface area (Å²) in [5.74, 6) is -0.343. The quantitative estimate of drug-likeness (QED) is 0.479. The Hall–Kier alpha value is -3.19. The molecule has 0 radical (unpaired) electrons. The SMILES string of the molecule is COc1ccc(C=CC(=O)OCc2ccc(C#N)cc2)cc1S(=O)(=O)N1CCOCC1. The van der Waals surface area contributed by atoms with Crippen LogP contribution in [0.2, 0.25) is 0 Å². The van der Waals surface area contributed by atoms with Crippen molar-refractivity contribution in [2.75, 3.05) is 33.4 Å². The van der Waals surface area contributed by atoms with Crippen LogP contribution in [0, 0.1) is 11.3 Å². The Morgan fingerprint density at radius 1 is 1.19 bits per heavy atom. The molecule has 8 nitrogen and oxygen atoms in total. The van der Waals surface area contributed by atoms with E-state index < -0.39 is 16.0 Å². The number of hydrogen-bond acceptors (Lipinski definition) is 7. The minimum absolute atomic E-state index is 0.0324. The van der Waals surface area contributed by atoms with Crippen molar-refractivity contribution in [2.24, 2.45) is 0 Å². The first kappa shape index (κ1) is 22.5. The summed E-state index contributed by atoms with van der Waals surface area (Å²) >= 11 is 0. The van der Waals surface area contributed by atoms with Crippen LogP contribution >= 0.6 is 0 Å². The maximum Gasteiger partial charge on any atom is 0.331 e. The summed E-state index contributed by atoms with van der Waals surface area (Å²) in [7, 11) is -2.36. The van der Waals surface area contributed by atoms with Crippen LogP contribution in [-0.2, 0) is 30.9 Å². The fraction of sp³-hybridized carbons (Fsp3) is 0.273. The molecule has 2 aromatic rings. The summed E-state index contributed by atoms with van der Waals surface area (Å²) in [6, 6.07) is 13.4. The summed E-state index contributed by atoms with van der Waals surface area (Å²) in [4.78, 5) is 12.1. The van der Waals surface area contributed by atoms with Crippen LogP contribution in [0.4, 0.5) is 0 Å². The molecule has 162 valence electrons. The molecule has 0 aromatic heterocycles. The van der Waals surface area contributed by atoms with Crippen molar-refractivity contribution in [3.63, 3.8) is 0 Å². The second-order valence-electron chi connectivity index (χ2n) is 6.68. The van der Waals surface area contributed by atoms with E-state index in [0.717, 1.165) is 5.56 Å². The van der Waals surface area contributed by atoms with Crippen LogP contribution in [0.1, 0.15) is 16.7 Å². The van der Waals surface area contributed by atoms with Gasteiger partial charge in [0, 0.05) is 19.2 Å². The minimum Gasteiger partial charge on any atom is -0.495 e. The molecule has 0 N–H and O–H groups in total. The molecule has 0 spiro atoms. The number of benzene rings is 2. The van der Waals surface area contributed by atoms with E-state index >= 15 is 0 Å². The summed E-state index contributed by atoms with van der Waals surface area (Å²) in [5.41, 5.74) is 1.80. The van der Waals surface area contributed by atoms with Crippen molar-refractivity contribution in [3.8, 4) is 11.8 Å². The predicted molar refractivity (Wildman–Crippen MR) is 113 cm³/mol. The van der Waals surface area contributed by atoms with Gasteiger partial charge in [0.05, 0.1) is 32.0 Å². The first-order chi connectivity index (χ1) is 14.9. The monoisotopic (exact) mass is 442 g/mol. The third-order valence-corrected chi connectivity index (χ3v) is 6.57.